The minimum absolute atomic E-state index is 0. The summed E-state index contributed by atoms with van der Waals surface area (Å²) in [6, 6.07) is 2.45. The molecule has 0 saturated carbocycles. The second kappa shape index (κ2) is 6.44. The first-order valence-electron chi connectivity index (χ1n) is 5.95. The molecule has 1 atom stereocenters. The van der Waals surface area contributed by atoms with Crippen molar-refractivity contribution in [1.82, 2.24) is 19.6 Å². The van der Waals surface area contributed by atoms with Gasteiger partial charge in [0.05, 0.1) is 6.20 Å². The largest absolute Gasteiger partial charge is 0.364 e. The number of aryl methyl sites for hydroxylation is 1. The highest BCUT2D eigenvalue weighted by molar-refractivity contribution is 5.85. The maximum absolute atomic E-state index is 4.48. The van der Waals surface area contributed by atoms with E-state index >= 15 is 0 Å². The molecule has 2 aromatic heterocycles. The number of rotatable bonds is 5. The molecule has 0 aliphatic rings. The third-order valence-electron chi connectivity index (χ3n) is 2.88. The first kappa shape index (κ1) is 14.6. The number of hydrogen-bond acceptors (Lipinski definition) is 3. The highest BCUT2D eigenvalue weighted by Gasteiger charge is 2.04. The SMILES string of the molecule is CCC(C)n1ccc(NCc2cnn(C)c2)n1.Cl. The summed E-state index contributed by atoms with van der Waals surface area (Å²) < 4.78 is 3.79. The van der Waals surface area contributed by atoms with Gasteiger partial charge in [0.1, 0.15) is 5.82 Å². The Morgan fingerprint density at radius 1 is 1.44 bits per heavy atom. The second-order valence-electron chi connectivity index (χ2n) is 4.31. The van der Waals surface area contributed by atoms with Crippen LogP contribution in [0.5, 0.6) is 0 Å². The summed E-state index contributed by atoms with van der Waals surface area (Å²) in [5.41, 5.74) is 1.16. The summed E-state index contributed by atoms with van der Waals surface area (Å²) in [7, 11) is 1.92. The molecule has 2 aromatic rings. The molecule has 18 heavy (non-hydrogen) atoms. The first-order valence-corrected chi connectivity index (χ1v) is 5.95. The van der Waals surface area contributed by atoms with E-state index in [9.17, 15) is 0 Å². The quantitative estimate of drug-likeness (QED) is 0.908. The Balaban J connectivity index is 0.00000162. The van der Waals surface area contributed by atoms with Crippen LogP contribution in [-0.2, 0) is 13.6 Å². The minimum atomic E-state index is 0. The second-order valence-corrected chi connectivity index (χ2v) is 4.31. The summed E-state index contributed by atoms with van der Waals surface area (Å²) in [4.78, 5) is 0. The van der Waals surface area contributed by atoms with E-state index in [0.29, 0.717) is 6.04 Å². The van der Waals surface area contributed by atoms with E-state index < -0.39 is 0 Å². The molecule has 0 amide bonds. The Bertz CT molecular complexity index is 476. The van der Waals surface area contributed by atoms with Gasteiger partial charge in [-0.25, -0.2) is 0 Å². The van der Waals surface area contributed by atoms with Crippen LogP contribution in [0.1, 0.15) is 31.9 Å². The van der Waals surface area contributed by atoms with E-state index in [0.717, 1.165) is 24.3 Å². The fourth-order valence-electron chi connectivity index (χ4n) is 1.62. The Hall–Kier alpha value is -1.49. The molecule has 0 radical (unpaired) electrons. The topological polar surface area (TPSA) is 47.7 Å². The van der Waals surface area contributed by atoms with Gasteiger partial charge >= 0.3 is 0 Å². The number of nitrogens with zero attached hydrogens (tertiary/aromatic N) is 4. The van der Waals surface area contributed by atoms with Gasteiger partial charge < -0.3 is 5.32 Å². The highest BCUT2D eigenvalue weighted by atomic mass is 35.5. The van der Waals surface area contributed by atoms with Gasteiger partial charge in [-0.05, 0) is 13.3 Å². The lowest BCUT2D eigenvalue weighted by Crippen LogP contribution is -2.06. The number of hydrogen-bond donors (Lipinski definition) is 1. The van der Waals surface area contributed by atoms with Crippen molar-refractivity contribution in [2.75, 3.05) is 5.32 Å². The van der Waals surface area contributed by atoms with Crippen molar-refractivity contribution in [3.63, 3.8) is 0 Å². The van der Waals surface area contributed by atoms with Crippen LogP contribution in [0.2, 0.25) is 0 Å². The fourth-order valence-corrected chi connectivity index (χ4v) is 1.62. The summed E-state index contributed by atoms with van der Waals surface area (Å²) >= 11 is 0. The van der Waals surface area contributed by atoms with E-state index in [-0.39, 0.29) is 12.4 Å². The van der Waals surface area contributed by atoms with Crippen molar-refractivity contribution in [2.24, 2.45) is 7.05 Å². The lowest BCUT2D eigenvalue weighted by molar-refractivity contribution is 0.479. The van der Waals surface area contributed by atoms with Gasteiger partial charge in [-0.1, -0.05) is 6.92 Å². The van der Waals surface area contributed by atoms with Crippen molar-refractivity contribution < 1.29 is 0 Å². The number of nitrogens with one attached hydrogen (secondary N) is 1. The molecular weight excluding hydrogens is 250 g/mol. The molecule has 0 saturated heterocycles. The summed E-state index contributed by atoms with van der Waals surface area (Å²) in [6.07, 6.45) is 6.96. The number of anilines is 1. The monoisotopic (exact) mass is 269 g/mol. The zero-order chi connectivity index (χ0) is 12.3. The van der Waals surface area contributed by atoms with Crippen molar-refractivity contribution in [1.29, 1.82) is 0 Å². The van der Waals surface area contributed by atoms with Gasteiger partial charge in [-0.3, -0.25) is 9.36 Å². The Kier molecular flexibility index (Phi) is 5.22. The molecule has 0 aliphatic carbocycles. The summed E-state index contributed by atoms with van der Waals surface area (Å²) in [5.74, 6) is 0.911. The maximum Gasteiger partial charge on any atom is 0.148 e. The zero-order valence-electron chi connectivity index (χ0n) is 11.0. The van der Waals surface area contributed by atoms with Crippen molar-refractivity contribution in [3.8, 4) is 0 Å². The van der Waals surface area contributed by atoms with E-state index in [1.165, 1.54) is 0 Å². The van der Waals surface area contributed by atoms with Crippen LogP contribution in [0.15, 0.2) is 24.7 Å². The molecule has 1 N–H and O–H groups in total. The maximum atomic E-state index is 4.48. The van der Waals surface area contributed by atoms with Crippen LogP contribution >= 0.6 is 12.4 Å². The van der Waals surface area contributed by atoms with E-state index in [4.69, 9.17) is 0 Å². The van der Waals surface area contributed by atoms with Gasteiger partial charge in [-0.2, -0.15) is 10.2 Å². The summed E-state index contributed by atoms with van der Waals surface area (Å²) in [6.45, 7) is 5.08. The van der Waals surface area contributed by atoms with Crippen molar-refractivity contribution >= 4 is 18.2 Å². The third-order valence-corrected chi connectivity index (χ3v) is 2.88. The minimum Gasteiger partial charge on any atom is -0.364 e. The van der Waals surface area contributed by atoms with Crippen LogP contribution in [0, 0.1) is 0 Å². The van der Waals surface area contributed by atoms with Gasteiger partial charge in [-0.15, -0.1) is 12.4 Å². The predicted octanol–water partition coefficient (Wildman–Crippen LogP) is 2.62. The van der Waals surface area contributed by atoms with Crippen molar-refractivity contribution in [3.05, 3.63) is 30.2 Å². The molecule has 2 heterocycles. The Morgan fingerprint density at radius 2 is 2.22 bits per heavy atom. The average Bonchev–Trinajstić information content (AvgIpc) is 2.94. The third kappa shape index (κ3) is 3.50. The Labute approximate surface area is 114 Å². The van der Waals surface area contributed by atoms with Gasteiger partial charge in [0.15, 0.2) is 0 Å². The molecule has 1 unspecified atom stereocenters. The molecule has 5 nitrogen and oxygen atoms in total. The van der Waals surface area contributed by atoms with Gasteiger partial charge in [0, 0.05) is 43.7 Å². The first-order chi connectivity index (χ1) is 8.19. The van der Waals surface area contributed by atoms with Crippen LogP contribution in [-0.4, -0.2) is 19.6 Å². The molecule has 0 bridgehead atoms. The predicted molar refractivity (Wildman–Crippen MR) is 75.0 cm³/mol. The summed E-state index contributed by atoms with van der Waals surface area (Å²) in [5, 5.41) is 11.9. The van der Waals surface area contributed by atoms with Crippen LogP contribution < -0.4 is 5.32 Å². The molecule has 2 rings (SSSR count). The van der Waals surface area contributed by atoms with E-state index in [2.05, 4.69) is 29.4 Å². The van der Waals surface area contributed by atoms with Crippen LogP contribution in [0.3, 0.4) is 0 Å². The van der Waals surface area contributed by atoms with Crippen LogP contribution in [0.25, 0.3) is 0 Å². The molecule has 6 heteroatoms. The lowest BCUT2D eigenvalue weighted by Gasteiger charge is -2.08. The number of aromatic nitrogens is 4. The van der Waals surface area contributed by atoms with Gasteiger partial charge in [0.25, 0.3) is 0 Å². The zero-order valence-corrected chi connectivity index (χ0v) is 11.8. The van der Waals surface area contributed by atoms with Gasteiger partial charge in [0.2, 0.25) is 0 Å². The smallest absolute Gasteiger partial charge is 0.148 e. The molecule has 0 spiro atoms. The molecule has 0 aromatic carbocycles. The number of halogens is 1. The fraction of sp³-hybridized carbons (Fsp3) is 0.500. The Morgan fingerprint density at radius 3 is 2.83 bits per heavy atom. The molecular formula is C12H20ClN5. The van der Waals surface area contributed by atoms with E-state index in [1.807, 2.05) is 36.4 Å². The van der Waals surface area contributed by atoms with Crippen molar-refractivity contribution in [2.45, 2.75) is 32.9 Å². The molecule has 100 valence electrons. The van der Waals surface area contributed by atoms with E-state index in [1.54, 1.807) is 4.68 Å². The average molecular weight is 270 g/mol. The standard InChI is InChI=1S/C12H19N5.ClH/c1-4-10(2)17-6-5-12(15-17)13-7-11-8-14-16(3)9-11;/h5-6,8-10H,4,7H2,1-3H3,(H,13,15);1H. The normalized spacial score (nSPS) is 11.9. The van der Waals surface area contributed by atoms with Crippen LogP contribution in [0.4, 0.5) is 5.82 Å². The molecule has 0 fully saturated rings. The highest BCUT2D eigenvalue weighted by Crippen LogP contribution is 2.12. The lowest BCUT2D eigenvalue weighted by atomic mass is 10.3. The molecule has 0 aliphatic heterocycles.